The molecule has 204 valence electrons. The fourth-order valence-corrected chi connectivity index (χ4v) is 5.87. The number of halogens is 3. The highest BCUT2D eigenvalue weighted by molar-refractivity contribution is 6.31. The smallest absolute Gasteiger partial charge is 0.263 e. The SMILES string of the molecule is O=C(c1ccc(OC2CCN(C3CCN(C4=C(F)C=C(Cl)C=CCC4)CC3)C2=O)c(F)c1)N1CCC(O)C1. The average Bonchev–Trinajstić information content (AvgIpc) is 3.49. The third kappa shape index (κ3) is 5.73. The van der Waals surface area contributed by atoms with E-state index < -0.39 is 18.0 Å². The molecule has 7 nitrogen and oxygen atoms in total. The molecule has 2 unspecified atom stereocenters. The molecule has 0 saturated carbocycles. The monoisotopic (exact) mass is 547 g/mol. The van der Waals surface area contributed by atoms with Gasteiger partial charge in [-0.15, -0.1) is 0 Å². The van der Waals surface area contributed by atoms with Gasteiger partial charge in [0.15, 0.2) is 17.7 Å². The molecule has 3 saturated heterocycles. The van der Waals surface area contributed by atoms with Crippen molar-refractivity contribution in [3.8, 4) is 5.75 Å². The number of aliphatic hydroxyl groups is 1. The molecule has 0 spiro atoms. The van der Waals surface area contributed by atoms with E-state index in [9.17, 15) is 23.5 Å². The predicted octanol–water partition coefficient (Wildman–Crippen LogP) is 4.13. The van der Waals surface area contributed by atoms with Gasteiger partial charge in [0, 0.05) is 61.5 Å². The highest BCUT2D eigenvalue weighted by atomic mass is 35.5. The van der Waals surface area contributed by atoms with Crippen molar-refractivity contribution >= 4 is 23.4 Å². The Kier molecular flexibility index (Phi) is 8.04. The number of benzene rings is 1. The summed E-state index contributed by atoms with van der Waals surface area (Å²) in [5.41, 5.74) is 0.831. The van der Waals surface area contributed by atoms with Gasteiger partial charge in [0.2, 0.25) is 0 Å². The first-order valence-corrected chi connectivity index (χ1v) is 13.6. The van der Waals surface area contributed by atoms with Gasteiger partial charge in [-0.3, -0.25) is 9.59 Å². The lowest BCUT2D eigenvalue weighted by Crippen LogP contribution is -2.46. The van der Waals surface area contributed by atoms with E-state index in [1.54, 1.807) is 11.0 Å². The molecule has 0 bridgehead atoms. The Morgan fingerprint density at radius 2 is 1.87 bits per heavy atom. The molecule has 1 aliphatic carbocycles. The van der Waals surface area contributed by atoms with Gasteiger partial charge in [0.05, 0.1) is 6.10 Å². The molecule has 3 aliphatic heterocycles. The van der Waals surface area contributed by atoms with Crippen LogP contribution < -0.4 is 4.74 Å². The van der Waals surface area contributed by atoms with Crippen LogP contribution in [0.3, 0.4) is 0 Å². The zero-order chi connectivity index (χ0) is 26.8. The lowest BCUT2D eigenvalue weighted by molar-refractivity contribution is -0.136. The summed E-state index contributed by atoms with van der Waals surface area (Å²) >= 11 is 6.03. The largest absolute Gasteiger partial charge is 0.477 e. The second-order valence-electron chi connectivity index (χ2n) is 10.2. The van der Waals surface area contributed by atoms with E-state index in [0.29, 0.717) is 75.4 Å². The normalized spacial score (nSPS) is 25.1. The number of likely N-dealkylation sites (tertiary alicyclic amines) is 3. The summed E-state index contributed by atoms with van der Waals surface area (Å²) in [6, 6.07) is 4.01. The van der Waals surface area contributed by atoms with Crippen LogP contribution in [0.1, 0.15) is 48.9 Å². The number of carbonyl (C=O) groups excluding carboxylic acids is 2. The van der Waals surface area contributed by atoms with Gasteiger partial charge in [-0.05, 0) is 62.5 Å². The quantitative estimate of drug-likeness (QED) is 0.600. The molecule has 3 fully saturated rings. The van der Waals surface area contributed by atoms with Crippen LogP contribution in [0.15, 0.2) is 53.0 Å². The summed E-state index contributed by atoms with van der Waals surface area (Å²) in [6.45, 7) is 2.45. The molecule has 0 radical (unpaired) electrons. The molecular weight excluding hydrogens is 516 g/mol. The molecule has 2 amide bonds. The number of rotatable bonds is 5. The van der Waals surface area contributed by atoms with Crippen molar-refractivity contribution in [3.63, 3.8) is 0 Å². The number of amides is 2. The Bertz CT molecular complexity index is 1180. The average molecular weight is 548 g/mol. The highest BCUT2D eigenvalue weighted by Gasteiger charge is 2.39. The van der Waals surface area contributed by atoms with Crippen LogP contribution in [0, 0.1) is 5.82 Å². The topological polar surface area (TPSA) is 73.3 Å². The molecule has 38 heavy (non-hydrogen) atoms. The Labute approximate surface area is 226 Å². The summed E-state index contributed by atoms with van der Waals surface area (Å²) in [6.07, 6.45) is 7.33. The summed E-state index contributed by atoms with van der Waals surface area (Å²) in [5, 5.41) is 10.0. The van der Waals surface area contributed by atoms with E-state index in [-0.39, 0.29) is 41.5 Å². The number of hydrogen-bond acceptors (Lipinski definition) is 5. The molecule has 1 N–H and O–H groups in total. The van der Waals surface area contributed by atoms with Crippen molar-refractivity contribution in [2.45, 2.75) is 56.8 Å². The molecule has 5 rings (SSSR count). The zero-order valence-electron chi connectivity index (χ0n) is 21.1. The molecule has 4 aliphatic rings. The van der Waals surface area contributed by atoms with Crippen LogP contribution in [0.5, 0.6) is 5.75 Å². The van der Waals surface area contributed by atoms with Gasteiger partial charge in [-0.25, -0.2) is 8.78 Å². The molecule has 1 aromatic rings. The fraction of sp³-hybridized carbons (Fsp3) is 0.500. The Morgan fingerprint density at radius 3 is 2.58 bits per heavy atom. The molecule has 1 aromatic carbocycles. The number of aliphatic hydroxyl groups excluding tert-OH is 1. The summed E-state index contributed by atoms with van der Waals surface area (Å²) in [7, 11) is 0. The summed E-state index contributed by atoms with van der Waals surface area (Å²) in [4.78, 5) is 31.0. The zero-order valence-corrected chi connectivity index (χ0v) is 21.9. The molecule has 2 atom stereocenters. The van der Waals surface area contributed by atoms with E-state index in [2.05, 4.69) is 0 Å². The van der Waals surface area contributed by atoms with E-state index in [1.807, 2.05) is 11.0 Å². The first kappa shape index (κ1) is 26.7. The molecule has 0 aromatic heterocycles. The van der Waals surface area contributed by atoms with Crippen LogP contribution in [-0.2, 0) is 4.79 Å². The third-order valence-electron chi connectivity index (χ3n) is 7.74. The van der Waals surface area contributed by atoms with Crippen molar-refractivity contribution in [1.29, 1.82) is 0 Å². The Morgan fingerprint density at radius 1 is 1.08 bits per heavy atom. The lowest BCUT2D eigenvalue weighted by atomic mass is 10.0. The van der Waals surface area contributed by atoms with Crippen LogP contribution in [-0.4, -0.2) is 82.6 Å². The minimum Gasteiger partial charge on any atom is -0.477 e. The van der Waals surface area contributed by atoms with Gasteiger partial charge in [0.25, 0.3) is 11.8 Å². The van der Waals surface area contributed by atoms with Crippen molar-refractivity contribution in [2.75, 3.05) is 32.7 Å². The van der Waals surface area contributed by atoms with Gasteiger partial charge < -0.3 is 24.5 Å². The standard InChI is InChI=1S/C28H32ClF2N3O4/c29-19-3-1-2-4-24(22(30)16-19)32-11-7-20(8-12-32)34-14-10-26(28(34)37)38-25-6-5-18(15-23(25)31)27(36)33-13-9-21(35)17-33/h1,3,5-6,15-16,20-21,26,35H,2,4,7-14,17H2. The maximum atomic E-state index is 14.8. The van der Waals surface area contributed by atoms with Crippen LogP contribution >= 0.6 is 11.6 Å². The van der Waals surface area contributed by atoms with Crippen molar-refractivity contribution in [1.82, 2.24) is 14.7 Å². The maximum absolute atomic E-state index is 14.8. The number of ether oxygens (including phenoxy) is 1. The third-order valence-corrected chi connectivity index (χ3v) is 7.98. The van der Waals surface area contributed by atoms with Gasteiger partial charge in [-0.2, -0.15) is 0 Å². The van der Waals surface area contributed by atoms with E-state index >= 15 is 0 Å². The number of allylic oxidation sites excluding steroid dienone is 6. The first-order chi connectivity index (χ1) is 18.3. The first-order valence-electron chi connectivity index (χ1n) is 13.2. The number of piperidine rings is 1. The second-order valence-corrected chi connectivity index (χ2v) is 10.7. The molecular formula is C28H32ClF2N3O4. The maximum Gasteiger partial charge on any atom is 0.263 e. The molecule has 10 heteroatoms. The van der Waals surface area contributed by atoms with Crippen LogP contribution in [0.4, 0.5) is 8.78 Å². The van der Waals surface area contributed by atoms with E-state index in [1.165, 1.54) is 23.1 Å². The van der Waals surface area contributed by atoms with E-state index in [0.717, 1.165) is 6.07 Å². The Balaban J connectivity index is 1.17. The van der Waals surface area contributed by atoms with Crippen molar-refractivity contribution in [2.24, 2.45) is 0 Å². The molecule has 3 heterocycles. The van der Waals surface area contributed by atoms with Crippen LogP contribution in [0.2, 0.25) is 0 Å². The fourth-order valence-electron chi connectivity index (χ4n) is 5.68. The van der Waals surface area contributed by atoms with Gasteiger partial charge in [-0.1, -0.05) is 17.7 Å². The van der Waals surface area contributed by atoms with Crippen molar-refractivity contribution < 1.29 is 28.2 Å². The van der Waals surface area contributed by atoms with Crippen LogP contribution in [0.25, 0.3) is 0 Å². The van der Waals surface area contributed by atoms with Gasteiger partial charge in [0.1, 0.15) is 5.83 Å². The lowest BCUT2D eigenvalue weighted by Gasteiger charge is -2.39. The van der Waals surface area contributed by atoms with Gasteiger partial charge >= 0.3 is 0 Å². The van der Waals surface area contributed by atoms with E-state index in [4.69, 9.17) is 16.3 Å². The summed E-state index contributed by atoms with van der Waals surface area (Å²) < 4.78 is 35.3. The minimum absolute atomic E-state index is 0.0178. The number of β-amino-alcohol motifs (C(OH)–C–C–N with tert-alkyl or cyclic N) is 1. The number of nitrogens with zero attached hydrogens (tertiary/aromatic N) is 3. The second kappa shape index (κ2) is 11.5. The Hall–Kier alpha value is -2.91. The summed E-state index contributed by atoms with van der Waals surface area (Å²) in [5.74, 6) is -1.59. The number of carbonyl (C=O) groups is 2. The highest BCUT2D eigenvalue weighted by Crippen LogP contribution is 2.31. The predicted molar refractivity (Wildman–Crippen MR) is 139 cm³/mol. The minimum atomic E-state index is -0.789. The number of hydrogen-bond donors (Lipinski definition) is 1. The van der Waals surface area contributed by atoms with Crippen molar-refractivity contribution in [3.05, 3.63) is 64.4 Å².